The van der Waals surface area contributed by atoms with Crippen LogP contribution < -0.4 is 0 Å². The SMILES string of the molecule is C=CCCCCc1ccc(C(C=C)c2cc(C(C)(C)C)cc(C(C)(C)C)c2C)c(C)c1. The summed E-state index contributed by atoms with van der Waals surface area (Å²) in [5.74, 6) is 0.207. The number of hydrogen-bond acceptors (Lipinski definition) is 0. The highest BCUT2D eigenvalue weighted by molar-refractivity contribution is 5.51. The smallest absolute Gasteiger partial charge is 0.0272 e. The van der Waals surface area contributed by atoms with Gasteiger partial charge in [0.15, 0.2) is 0 Å². The topological polar surface area (TPSA) is 0 Å². The molecule has 0 aliphatic rings. The minimum atomic E-state index is 0.107. The zero-order valence-corrected chi connectivity index (χ0v) is 21.4. The molecule has 0 aliphatic heterocycles. The van der Waals surface area contributed by atoms with Crippen molar-refractivity contribution in [2.75, 3.05) is 0 Å². The van der Waals surface area contributed by atoms with Gasteiger partial charge in [0.1, 0.15) is 0 Å². The Morgan fingerprint density at radius 3 is 2.03 bits per heavy atom. The van der Waals surface area contributed by atoms with E-state index in [1.54, 1.807) is 0 Å². The molecular formula is C31H44. The van der Waals surface area contributed by atoms with Crippen LogP contribution in [0.15, 0.2) is 55.6 Å². The number of unbranched alkanes of at least 4 members (excludes halogenated alkanes) is 2. The van der Waals surface area contributed by atoms with Crippen molar-refractivity contribution >= 4 is 0 Å². The molecule has 2 aromatic rings. The second-order valence-corrected chi connectivity index (χ2v) is 11.2. The highest BCUT2D eigenvalue weighted by Crippen LogP contribution is 2.39. The van der Waals surface area contributed by atoms with Crippen molar-refractivity contribution in [1.29, 1.82) is 0 Å². The normalized spacial score (nSPS) is 13.2. The summed E-state index contributed by atoms with van der Waals surface area (Å²) >= 11 is 0. The molecule has 0 saturated heterocycles. The van der Waals surface area contributed by atoms with Gasteiger partial charge in [0.2, 0.25) is 0 Å². The van der Waals surface area contributed by atoms with Crippen LogP contribution in [0.5, 0.6) is 0 Å². The molecule has 0 radical (unpaired) electrons. The molecule has 2 rings (SSSR count). The van der Waals surface area contributed by atoms with Gasteiger partial charge in [-0.2, -0.15) is 0 Å². The van der Waals surface area contributed by atoms with Crippen LogP contribution in [-0.2, 0) is 17.3 Å². The fraction of sp³-hybridized carbons (Fsp3) is 0.484. The van der Waals surface area contributed by atoms with Crippen LogP contribution in [0.2, 0.25) is 0 Å². The maximum atomic E-state index is 4.26. The highest BCUT2D eigenvalue weighted by atomic mass is 14.3. The van der Waals surface area contributed by atoms with Crippen LogP contribution in [-0.4, -0.2) is 0 Å². The molecule has 0 aromatic heterocycles. The Bertz CT molecular complexity index is 912. The summed E-state index contributed by atoms with van der Waals surface area (Å²) < 4.78 is 0. The first kappa shape index (κ1) is 25.2. The first-order valence-corrected chi connectivity index (χ1v) is 11.9. The average Bonchev–Trinajstić information content (AvgIpc) is 2.66. The van der Waals surface area contributed by atoms with E-state index in [1.807, 2.05) is 6.08 Å². The lowest BCUT2D eigenvalue weighted by Crippen LogP contribution is -2.20. The Hall–Kier alpha value is -2.08. The summed E-state index contributed by atoms with van der Waals surface area (Å²) in [5, 5.41) is 0. The molecule has 0 bridgehead atoms. The van der Waals surface area contributed by atoms with Crippen molar-refractivity contribution in [2.24, 2.45) is 0 Å². The molecule has 0 spiro atoms. The van der Waals surface area contributed by atoms with Gasteiger partial charge in [-0.25, -0.2) is 0 Å². The summed E-state index contributed by atoms with van der Waals surface area (Å²) in [5.41, 5.74) is 10.0. The maximum absolute atomic E-state index is 4.26. The van der Waals surface area contributed by atoms with Gasteiger partial charge in [-0.15, -0.1) is 13.2 Å². The Balaban J connectivity index is 2.53. The summed E-state index contributed by atoms with van der Waals surface area (Å²) in [6.07, 6.45) is 8.83. The molecule has 0 heterocycles. The minimum absolute atomic E-state index is 0.107. The molecule has 1 unspecified atom stereocenters. The van der Waals surface area contributed by atoms with Crippen molar-refractivity contribution in [2.45, 2.75) is 97.8 Å². The second kappa shape index (κ2) is 10.0. The molecule has 1 atom stereocenters. The standard InChI is InChI=1S/C31H44/c1-11-13-14-15-16-24-17-18-27(22(3)19-24)26(12-2)28-20-25(30(5,6)7)21-29(23(28)4)31(8,9)10/h11-12,17-21,26H,1-2,13-16H2,3-10H3. The molecule has 31 heavy (non-hydrogen) atoms. The van der Waals surface area contributed by atoms with E-state index in [4.69, 9.17) is 0 Å². The van der Waals surface area contributed by atoms with E-state index < -0.39 is 0 Å². The van der Waals surface area contributed by atoms with Gasteiger partial charge < -0.3 is 0 Å². The molecule has 0 saturated carbocycles. The Morgan fingerprint density at radius 2 is 1.52 bits per heavy atom. The van der Waals surface area contributed by atoms with Crippen molar-refractivity contribution in [3.8, 4) is 0 Å². The largest absolute Gasteiger partial charge is 0.103 e. The monoisotopic (exact) mass is 416 g/mol. The summed E-state index contributed by atoms with van der Waals surface area (Å²) in [6, 6.07) is 11.9. The van der Waals surface area contributed by atoms with Crippen LogP contribution in [0.1, 0.15) is 106 Å². The maximum Gasteiger partial charge on any atom is 0.0272 e. The lowest BCUT2D eigenvalue weighted by atomic mass is 9.74. The van der Waals surface area contributed by atoms with Crippen LogP contribution in [0.3, 0.4) is 0 Å². The Morgan fingerprint density at radius 1 is 0.839 bits per heavy atom. The predicted octanol–water partition coefficient (Wildman–Crippen LogP) is 9.12. The van der Waals surface area contributed by atoms with Gasteiger partial charge in [0, 0.05) is 5.92 Å². The third-order valence-electron chi connectivity index (χ3n) is 6.49. The van der Waals surface area contributed by atoms with E-state index in [0.717, 1.165) is 12.8 Å². The van der Waals surface area contributed by atoms with Gasteiger partial charge in [0.05, 0.1) is 0 Å². The molecule has 168 valence electrons. The van der Waals surface area contributed by atoms with Crippen molar-refractivity contribution in [1.82, 2.24) is 0 Å². The molecular weight excluding hydrogens is 372 g/mol. The number of aryl methyl sites for hydroxylation is 2. The number of hydrogen-bond donors (Lipinski definition) is 0. The van der Waals surface area contributed by atoms with Crippen molar-refractivity contribution < 1.29 is 0 Å². The summed E-state index contributed by atoms with van der Waals surface area (Å²) in [6.45, 7) is 26.5. The molecule has 0 aliphatic carbocycles. The van der Waals surface area contributed by atoms with Gasteiger partial charge in [-0.3, -0.25) is 0 Å². The van der Waals surface area contributed by atoms with Crippen LogP contribution in [0.4, 0.5) is 0 Å². The highest BCUT2D eigenvalue weighted by Gasteiger charge is 2.26. The Labute approximate surface area is 192 Å². The summed E-state index contributed by atoms with van der Waals surface area (Å²) in [7, 11) is 0. The number of allylic oxidation sites excluding steroid dienone is 2. The first-order valence-electron chi connectivity index (χ1n) is 11.9. The van der Waals surface area contributed by atoms with Gasteiger partial charge in [0.25, 0.3) is 0 Å². The lowest BCUT2D eigenvalue weighted by molar-refractivity contribution is 0.563. The lowest BCUT2D eigenvalue weighted by Gasteiger charge is -2.31. The van der Waals surface area contributed by atoms with Crippen LogP contribution in [0.25, 0.3) is 0 Å². The third-order valence-corrected chi connectivity index (χ3v) is 6.49. The van der Waals surface area contributed by atoms with Crippen molar-refractivity contribution in [3.63, 3.8) is 0 Å². The molecule has 0 amide bonds. The molecule has 0 N–H and O–H groups in total. The van der Waals surface area contributed by atoms with Crippen LogP contribution in [0, 0.1) is 13.8 Å². The molecule has 0 heteroatoms. The predicted molar refractivity (Wildman–Crippen MR) is 140 cm³/mol. The van der Waals surface area contributed by atoms with Gasteiger partial charge in [-0.05, 0) is 89.3 Å². The zero-order chi connectivity index (χ0) is 23.4. The fourth-order valence-electron chi connectivity index (χ4n) is 4.55. The minimum Gasteiger partial charge on any atom is -0.103 e. The van der Waals surface area contributed by atoms with Crippen molar-refractivity contribution in [3.05, 3.63) is 94.6 Å². The van der Waals surface area contributed by atoms with Gasteiger partial charge in [-0.1, -0.05) is 84.0 Å². The fourth-order valence-corrected chi connectivity index (χ4v) is 4.55. The van der Waals surface area contributed by atoms with E-state index >= 15 is 0 Å². The molecule has 0 fully saturated rings. The number of rotatable bonds is 8. The van der Waals surface area contributed by atoms with E-state index in [-0.39, 0.29) is 16.7 Å². The quantitative estimate of drug-likeness (QED) is 0.297. The zero-order valence-electron chi connectivity index (χ0n) is 21.4. The molecule has 2 aromatic carbocycles. The van der Waals surface area contributed by atoms with E-state index in [1.165, 1.54) is 51.8 Å². The van der Waals surface area contributed by atoms with E-state index in [9.17, 15) is 0 Å². The summed E-state index contributed by atoms with van der Waals surface area (Å²) in [4.78, 5) is 0. The first-order chi connectivity index (χ1) is 14.4. The van der Waals surface area contributed by atoms with Crippen LogP contribution >= 0.6 is 0 Å². The van der Waals surface area contributed by atoms with E-state index in [2.05, 4.69) is 105 Å². The second-order valence-electron chi connectivity index (χ2n) is 11.2. The number of benzene rings is 2. The van der Waals surface area contributed by atoms with Gasteiger partial charge >= 0.3 is 0 Å². The molecule has 0 nitrogen and oxygen atoms in total. The average molecular weight is 417 g/mol. The third kappa shape index (κ3) is 6.22. The van der Waals surface area contributed by atoms with E-state index in [0.29, 0.717) is 0 Å². The Kier molecular flexibility index (Phi) is 8.15.